The Morgan fingerprint density at radius 2 is 2.67 bits per heavy atom. The minimum atomic E-state index is 0.519. The van der Waals surface area contributed by atoms with Crippen molar-refractivity contribution in [1.29, 1.82) is 0 Å². The average molecular weight is 83.1 g/mol. The van der Waals surface area contributed by atoms with Crippen molar-refractivity contribution in [3.8, 4) is 0 Å². The number of nitrogens with one attached hydrogen (secondary N) is 1. The standard InChI is InChI=1S/C4H7N2/c1-4-2-5-6-3-4/h2-5H,1H3. The van der Waals surface area contributed by atoms with E-state index in [9.17, 15) is 0 Å². The van der Waals surface area contributed by atoms with Crippen molar-refractivity contribution in [2.24, 2.45) is 11.0 Å². The molecule has 33 valence electrons. The maximum Gasteiger partial charge on any atom is 0.0739 e. The Hall–Kier alpha value is -0.530. The summed E-state index contributed by atoms with van der Waals surface area (Å²) in [6.07, 6.45) is 1.86. The lowest BCUT2D eigenvalue weighted by Gasteiger charge is -1.86. The van der Waals surface area contributed by atoms with Crippen molar-refractivity contribution in [2.75, 3.05) is 0 Å². The minimum absolute atomic E-state index is 0.519. The zero-order chi connectivity index (χ0) is 4.41. The first kappa shape index (κ1) is 3.65. The van der Waals surface area contributed by atoms with Gasteiger partial charge in [0.15, 0.2) is 0 Å². The molecule has 1 unspecified atom stereocenters. The van der Waals surface area contributed by atoms with Crippen LogP contribution in [-0.4, -0.2) is 6.21 Å². The van der Waals surface area contributed by atoms with Crippen molar-refractivity contribution in [2.45, 2.75) is 6.92 Å². The van der Waals surface area contributed by atoms with Crippen LogP contribution in [0.1, 0.15) is 6.92 Å². The third-order valence-electron chi connectivity index (χ3n) is 0.722. The van der Waals surface area contributed by atoms with Crippen LogP contribution < -0.4 is 5.43 Å². The van der Waals surface area contributed by atoms with E-state index in [1.807, 2.05) is 12.8 Å². The molecule has 1 radical (unpaired) electrons. The highest BCUT2D eigenvalue weighted by molar-refractivity contribution is 5.63. The molecule has 0 aromatic rings. The zero-order valence-electron chi connectivity index (χ0n) is 3.68. The molecule has 0 amide bonds. The Labute approximate surface area is 37.2 Å². The first-order chi connectivity index (χ1) is 2.89. The highest BCUT2D eigenvalue weighted by Gasteiger charge is 2.00. The molecule has 1 rings (SSSR count). The molecule has 1 heterocycles. The quantitative estimate of drug-likeness (QED) is 0.449. The highest BCUT2D eigenvalue weighted by atomic mass is 15.3. The second kappa shape index (κ2) is 1.29. The molecule has 1 N–H and O–H groups in total. The number of hydrogen-bond acceptors (Lipinski definition) is 2. The summed E-state index contributed by atoms with van der Waals surface area (Å²) in [5.41, 5.74) is 2.72. The molecule has 0 saturated heterocycles. The van der Waals surface area contributed by atoms with Crippen LogP contribution in [0.5, 0.6) is 0 Å². The van der Waals surface area contributed by atoms with Crippen molar-refractivity contribution in [3.63, 3.8) is 0 Å². The normalized spacial score (nSPS) is 30.5. The SMILES string of the molecule is CC1[CH]NN=C1. The zero-order valence-corrected chi connectivity index (χ0v) is 3.68. The molecule has 0 saturated carbocycles. The number of hydrazone groups is 1. The molecule has 0 bridgehead atoms. The van der Waals surface area contributed by atoms with Crippen LogP contribution in [0.15, 0.2) is 5.10 Å². The Kier molecular flexibility index (Phi) is 0.783. The van der Waals surface area contributed by atoms with Gasteiger partial charge in [0.1, 0.15) is 0 Å². The Balaban J connectivity index is 2.38. The van der Waals surface area contributed by atoms with E-state index in [0.717, 1.165) is 0 Å². The molecule has 0 fully saturated rings. The molecule has 2 nitrogen and oxygen atoms in total. The summed E-state index contributed by atoms with van der Waals surface area (Å²) in [6.45, 7) is 4.00. The minimum Gasteiger partial charge on any atom is -0.305 e. The summed E-state index contributed by atoms with van der Waals surface area (Å²) in [6, 6.07) is 0. The second-order valence-corrected chi connectivity index (χ2v) is 1.43. The fraction of sp³-hybridized carbons (Fsp3) is 0.500. The van der Waals surface area contributed by atoms with Crippen LogP contribution in [0.3, 0.4) is 0 Å². The molecular formula is C4H7N2. The predicted molar refractivity (Wildman–Crippen MR) is 25.1 cm³/mol. The third-order valence-corrected chi connectivity index (χ3v) is 0.722. The van der Waals surface area contributed by atoms with Crippen molar-refractivity contribution in [1.82, 2.24) is 5.43 Å². The Bertz CT molecular complexity index is 67.9. The summed E-state index contributed by atoms with van der Waals surface area (Å²) < 4.78 is 0. The van der Waals surface area contributed by atoms with Gasteiger partial charge in [-0.05, 0) is 0 Å². The van der Waals surface area contributed by atoms with E-state index in [-0.39, 0.29) is 0 Å². The number of nitrogens with zero attached hydrogens (tertiary/aromatic N) is 1. The molecule has 1 aliphatic heterocycles. The maximum atomic E-state index is 3.73. The molecule has 2 heteroatoms. The van der Waals surface area contributed by atoms with Crippen molar-refractivity contribution >= 4 is 6.21 Å². The van der Waals surface area contributed by atoms with Gasteiger partial charge in [0.2, 0.25) is 0 Å². The smallest absolute Gasteiger partial charge is 0.0739 e. The van der Waals surface area contributed by atoms with Gasteiger partial charge in [0.05, 0.1) is 6.54 Å². The third kappa shape index (κ3) is 0.506. The molecule has 6 heavy (non-hydrogen) atoms. The van der Waals surface area contributed by atoms with Gasteiger partial charge in [-0.15, -0.1) is 0 Å². The summed E-state index contributed by atoms with van der Waals surface area (Å²) in [7, 11) is 0. The molecule has 0 spiro atoms. The Morgan fingerprint density at radius 1 is 1.83 bits per heavy atom. The van der Waals surface area contributed by atoms with Gasteiger partial charge in [-0.1, -0.05) is 6.92 Å². The van der Waals surface area contributed by atoms with Crippen LogP contribution in [0.25, 0.3) is 0 Å². The monoisotopic (exact) mass is 83.1 g/mol. The first-order valence-corrected chi connectivity index (χ1v) is 2.01. The second-order valence-electron chi connectivity index (χ2n) is 1.43. The molecule has 1 atom stereocenters. The molecule has 0 aromatic heterocycles. The van der Waals surface area contributed by atoms with E-state index in [1.165, 1.54) is 0 Å². The highest BCUT2D eigenvalue weighted by Crippen LogP contribution is 1.96. The van der Waals surface area contributed by atoms with Crippen LogP contribution in [0, 0.1) is 12.5 Å². The van der Waals surface area contributed by atoms with E-state index >= 15 is 0 Å². The van der Waals surface area contributed by atoms with Crippen LogP contribution in [0.4, 0.5) is 0 Å². The summed E-state index contributed by atoms with van der Waals surface area (Å²) in [5.74, 6) is 0.519. The molecule has 1 aliphatic rings. The maximum absolute atomic E-state index is 3.73. The van der Waals surface area contributed by atoms with Crippen LogP contribution >= 0.6 is 0 Å². The topological polar surface area (TPSA) is 24.4 Å². The van der Waals surface area contributed by atoms with E-state index in [2.05, 4.69) is 17.5 Å². The fourth-order valence-corrected chi connectivity index (χ4v) is 0.364. The van der Waals surface area contributed by atoms with Gasteiger partial charge in [0.25, 0.3) is 0 Å². The molecule has 0 aromatic carbocycles. The lowest BCUT2D eigenvalue weighted by molar-refractivity contribution is 0.824. The average Bonchev–Trinajstić information content (AvgIpc) is 1.86. The van der Waals surface area contributed by atoms with Crippen LogP contribution in [0.2, 0.25) is 0 Å². The summed E-state index contributed by atoms with van der Waals surface area (Å²) >= 11 is 0. The summed E-state index contributed by atoms with van der Waals surface area (Å²) in [5, 5.41) is 3.73. The first-order valence-electron chi connectivity index (χ1n) is 2.01. The molecule has 0 aliphatic carbocycles. The number of rotatable bonds is 0. The van der Waals surface area contributed by atoms with Gasteiger partial charge in [-0.3, -0.25) is 0 Å². The van der Waals surface area contributed by atoms with Crippen molar-refractivity contribution in [3.05, 3.63) is 6.54 Å². The lowest BCUT2D eigenvalue weighted by atomic mass is 10.2. The van der Waals surface area contributed by atoms with Crippen LogP contribution in [-0.2, 0) is 0 Å². The van der Waals surface area contributed by atoms with Gasteiger partial charge in [-0.25, -0.2) is 0 Å². The van der Waals surface area contributed by atoms with Crippen molar-refractivity contribution < 1.29 is 0 Å². The lowest BCUT2D eigenvalue weighted by Crippen LogP contribution is -1.96. The van der Waals surface area contributed by atoms with Gasteiger partial charge < -0.3 is 5.43 Å². The predicted octanol–water partition coefficient (Wildman–Crippen LogP) is 0.373. The fourth-order valence-electron chi connectivity index (χ4n) is 0.364. The van der Waals surface area contributed by atoms with E-state index in [0.29, 0.717) is 5.92 Å². The van der Waals surface area contributed by atoms with Gasteiger partial charge in [0, 0.05) is 12.1 Å². The van der Waals surface area contributed by atoms with Gasteiger partial charge >= 0.3 is 0 Å². The van der Waals surface area contributed by atoms with E-state index in [1.54, 1.807) is 0 Å². The summed E-state index contributed by atoms with van der Waals surface area (Å²) in [4.78, 5) is 0. The number of hydrogen-bond donors (Lipinski definition) is 1. The van der Waals surface area contributed by atoms with E-state index < -0.39 is 0 Å². The van der Waals surface area contributed by atoms with Gasteiger partial charge in [-0.2, -0.15) is 5.10 Å². The largest absolute Gasteiger partial charge is 0.305 e. The molecular weight excluding hydrogens is 76.1 g/mol. The Morgan fingerprint density at radius 3 is 2.83 bits per heavy atom. The van der Waals surface area contributed by atoms with E-state index in [4.69, 9.17) is 0 Å².